The highest BCUT2D eigenvalue weighted by Crippen LogP contribution is 2.27. The molecule has 1 aromatic heterocycles. The Hall–Kier alpha value is -3.84. The molecule has 40 heavy (non-hydrogen) atoms. The van der Waals surface area contributed by atoms with Crippen LogP contribution in [-0.2, 0) is 6.42 Å². The highest BCUT2D eigenvalue weighted by Gasteiger charge is 2.24. The van der Waals surface area contributed by atoms with E-state index in [2.05, 4.69) is 28.9 Å². The van der Waals surface area contributed by atoms with Gasteiger partial charge in [0.15, 0.2) is 0 Å². The Morgan fingerprint density at radius 1 is 0.975 bits per heavy atom. The van der Waals surface area contributed by atoms with Crippen molar-refractivity contribution in [2.75, 3.05) is 39.3 Å². The van der Waals surface area contributed by atoms with Crippen LogP contribution in [-0.4, -0.2) is 64.6 Å². The first kappa shape index (κ1) is 27.7. The van der Waals surface area contributed by atoms with Crippen LogP contribution in [0.15, 0.2) is 71.5 Å². The van der Waals surface area contributed by atoms with Crippen LogP contribution in [0.5, 0.6) is 5.75 Å². The van der Waals surface area contributed by atoms with Crippen molar-refractivity contribution in [1.29, 1.82) is 0 Å². The minimum absolute atomic E-state index is 0.00665. The third-order valence-electron chi connectivity index (χ3n) is 8.15. The van der Waals surface area contributed by atoms with Gasteiger partial charge in [-0.2, -0.15) is 0 Å². The molecule has 1 N–H and O–H groups in total. The second-order valence-electron chi connectivity index (χ2n) is 10.7. The Morgan fingerprint density at radius 3 is 2.42 bits per heavy atom. The maximum absolute atomic E-state index is 12.7. The molecule has 3 aromatic carbocycles. The zero-order valence-electron chi connectivity index (χ0n) is 23.9. The standard InChI is InChI=1S/C33H40N4O3/c1-4-36(5-2)32(38)26-15-13-25(14-16-26)23-27-10-6-7-12-30(27)40-22-21-35-19-17-28(18-20-35)37-31-24(3)9-8-11-29(31)34-33(37)39/h6-16,28H,4-5,17-23H2,1-3H3,(H,34,39). The molecule has 4 aromatic rings. The van der Waals surface area contributed by atoms with Crippen molar-refractivity contribution in [1.82, 2.24) is 19.4 Å². The molecule has 1 aliphatic rings. The lowest BCUT2D eigenvalue weighted by Crippen LogP contribution is -2.39. The zero-order chi connectivity index (χ0) is 28.1. The number of amides is 1. The Kier molecular flexibility index (Phi) is 8.70. The van der Waals surface area contributed by atoms with E-state index < -0.39 is 0 Å². The van der Waals surface area contributed by atoms with Gasteiger partial charge in [0.2, 0.25) is 0 Å². The van der Waals surface area contributed by atoms with Crippen LogP contribution in [0, 0.1) is 6.92 Å². The van der Waals surface area contributed by atoms with Gasteiger partial charge in [0.25, 0.3) is 5.91 Å². The van der Waals surface area contributed by atoms with E-state index in [9.17, 15) is 9.59 Å². The number of aromatic nitrogens is 2. The molecule has 0 unspecified atom stereocenters. The molecule has 1 aliphatic heterocycles. The Morgan fingerprint density at radius 2 is 1.70 bits per heavy atom. The zero-order valence-corrected chi connectivity index (χ0v) is 23.9. The monoisotopic (exact) mass is 540 g/mol. The van der Waals surface area contributed by atoms with Crippen LogP contribution >= 0.6 is 0 Å². The molecule has 1 fully saturated rings. The molecular weight excluding hydrogens is 500 g/mol. The number of nitrogens with one attached hydrogen (secondary N) is 1. The fourth-order valence-corrected chi connectivity index (χ4v) is 5.86. The minimum Gasteiger partial charge on any atom is -0.492 e. The lowest BCUT2D eigenvalue weighted by molar-refractivity contribution is 0.0773. The lowest BCUT2D eigenvalue weighted by atomic mass is 10.0. The number of rotatable bonds is 10. The van der Waals surface area contributed by atoms with Gasteiger partial charge in [-0.15, -0.1) is 0 Å². The largest absolute Gasteiger partial charge is 0.492 e. The summed E-state index contributed by atoms with van der Waals surface area (Å²) in [6.45, 7) is 10.9. The number of likely N-dealkylation sites (tertiary alicyclic amines) is 1. The van der Waals surface area contributed by atoms with Gasteiger partial charge in [-0.1, -0.05) is 42.5 Å². The Balaban J connectivity index is 1.14. The SMILES string of the molecule is CCN(CC)C(=O)c1ccc(Cc2ccccc2OCCN2CCC(n3c(=O)[nH]c4cccc(C)c43)CC2)cc1. The summed E-state index contributed by atoms with van der Waals surface area (Å²) in [5.74, 6) is 0.981. The molecule has 1 amide bonds. The van der Waals surface area contributed by atoms with Crippen LogP contribution in [0.25, 0.3) is 11.0 Å². The van der Waals surface area contributed by atoms with Crippen LogP contribution in [0.1, 0.15) is 59.8 Å². The highest BCUT2D eigenvalue weighted by molar-refractivity contribution is 5.94. The Labute approximate surface area is 236 Å². The second kappa shape index (κ2) is 12.6. The normalized spacial score (nSPS) is 14.5. The number of para-hydroxylation sites is 2. The van der Waals surface area contributed by atoms with Crippen molar-refractivity contribution in [3.05, 3.63) is 99.5 Å². The van der Waals surface area contributed by atoms with Gasteiger partial charge < -0.3 is 14.6 Å². The number of carbonyl (C=O) groups is 1. The molecule has 0 bridgehead atoms. The van der Waals surface area contributed by atoms with E-state index in [4.69, 9.17) is 4.74 Å². The summed E-state index contributed by atoms with van der Waals surface area (Å²) >= 11 is 0. The van der Waals surface area contributed by atoms with Crippen molar-refractivity contribution < 1.29 is 9.53 Å². The van der Waals surface area contributed by atoms with Crippen molar-refractivity contribution in [3.63, 3.8) is 0 Å². The number of carbonyl (C=O) groups excluding carboxylic acids is 1. The summed E-state index contributed by atoms with van der Waals surface area (Å²) in [7, 11) is 0. The molecule has 210 valence electrons. The lowest BCUT2D eigenvalue weighted by Gasteiger charge is -2.32. The highest BCUT2D eigenvalue weighted by atomic mass is 16.5. The number of H-pyrrole nitrogens is 1. The Bertz CT molecular complexity index is 1490. The van der Waals surface area contributed by atoms with Crippen molar-refractivity contribution in [2.45, 2.75) is 46.1 Å². The van der Waals surface area contributed by atoms with Gasteiger partial charge >= 0.3 is 5.69 Å². The number of ether oxygens (including phenoxy) is 1. The van der Waals surface area contributed by atoms with E-state index in [1.165, 1.54) is 0 Å². The third kappa shape index (κ3) is 5.99. The molecule has 0 radical (unpaired) electrons. The molecule has 7 heteroatoms. The van der Waals surface area contributed by atoms with E-state index in [-0.39, 0.29) is 17.6 Å². The predicted molar refractivity (Wildman–Crippen MR) is 160 cm³/mol. The summed E-state index contributed by atoms with van der Waals surface area (Å²) in [6.07, 6.45) is 2.65. The first-order valence-electron chi connectivity index (χ1n) is 14.5. The first-order valence-corrected chi connectivity index (χ1v) is 14.5. The summed E-state index contributed by atoms with van der Waals surface area (Å²) in [5.41, 5.74) is 6.10. The molecule has 1 saturated heterocycles. The van der Waals surface area contributed by atoms with Crippen LogP contribution < -0.4 is 10.4 Å². The van der Waals surface area contributed by atoms with Gasteiger partial charge in [0, 0.05) is 50.7 Å². The maximum Gasteiger partial charge on any atom is 0.326 e. The number of fused-ring (bicyclic) bond motifs is 1. The number of imidazole rings is 1. The smallest absolute Gasteiger partial charge is 0.326 e. The molecule has 0 aliphatic carbocycles. The second-order valence-corrected chi connectivity index (χ2v) is 10.7. The molecular formula is C33H40N4O3. The average molecular weight is 541 g/mol. The fraction of sp³-hybridized carbons (Fsp3) is 0.394. The van der Waals surface area contributed by atoms with Gasteiger partial charge in [0.1, 0.15) is 12.4 Å². The van der Waals surface area contributed by atoms with E-state index in [0.29, 0.717) is 19.7 Å². The maximum atomic E-state index is 12.7. The first-order chi connectivity index (χ1) is 19.5. The molecule has 7 nitrogen and oxygen atoms in total. The van der Waals surface area contributed by atoms with Gasteiger partial charge in [-0.05, 0) is 74.6 Å². The fourth-order valence-electron chi connectivity index (χ4n) is 5.86. The summed E-state index contributed by atoms with van der Waals surface area (Å²) in [5, 5.41) is 0. The van der Waals surface area contributed by atoms with Gasteiger partial charge in [0.05, 0.1) is 11.0 Å². The molecule has 0 saturated carbocycles. The summed E-state index contributed by atoms with van der Waals surface area (Å²) in [4.78, 5) is 32.6. The van der Waals surface area contributed by atoms with Gasteiger partial charge in [-0.25, -0.2) is 4.79 Å². The van der Waals surface area contributed by atoms with E-state index >= 15 is 0 Å². The number of aryl methyl sites for hydroxylation is 1. The topological polar surface area (TPSA) is 70.6 Å². The van der Waals surface area contributed by atoms with E-state index in [1.54, 1.807) is 0 Å². The number of hydrogen-bond donors (Lipinski definition) is 1. The van der Waals surface area contributed by atoms with Gasteiger partial charge in [-0.3, -0.25) is 14.3 Å². The molecule has 2 heterocycles. The van der Waals surface area contributed by atoms with Crippen LogP contribution in [0.4, 0.5) is 0 Å². The molecule has 5 rings (SSSR count). The van der Waals surface area contributed by atoms with Crippen molar-refractivity contribution >= 4 is 16.9 Å². The van der Waals surface area contributed by atoms with Crippen molar-refractivity contribution in [3.8, 4) is 5.75 Å². The summed E-state index contributed by atoms with van der Waals surface area (Å²) in [6, 6.07) is 22.4. The van der Waals surface area contributed by atoms with Crippen LogP contribution in [0.3, 0.4) is 0 Å². The summed E-state index contributed by atoms with van der Waals surface area (Å²) < 4.78 is 8.24. The molecule has 0 atom stereocenters. The van der Waals surface area contributed by atoms with Crippen molar-refractivity contribution in [2.24, 2.45) is 0 Å². The van der Waals surface area contributed by atoms with Crippen LogP contribution in [0.2, 0.25) is 0 Å². The number of benzene rings is 3. The number of piperidine rings is 1. The third-order valence-corrected chi connectivity index (χ3v) is 8.15. The average Bonchev–Trinajstić information content (AvgIpc) is 3.32. The molecule has 0 spiro atoms. The number of nitrogens with zero attached hydrogens (tertiary/aromatic N) is 3. The van der Waals surface area contributed by atoms with E-state index in [0.717, 1.165) is 77.9 Å². The number of aromatic amines is 1. The van der Waals surface area contributed by atoms with E-state index in [1.807, 2.05) is 77.9 Å². The minimum atomic E-state index is -0.00665. The predicted octanol–water partition coefficient (Wildman–Crippen LogP) is 5.43. The quantitative estimate of drug-likeness (QED) is 0.291. The number of hydrogen-bond acceptors (Lipinski definition) is 4.